The van der Waals surface area contributed by atoms with Gasteiger partial charge < -0.3 is 10.5 Å². The van der Waals surface area contributed by atoms with Crippen molar-refractivity contribution in [2.24, 2.45) is 5.73 Å². The monoisotopic (exact) mass is 439 g/mol. The lowest BCUT2D eigenvalue weighted by Gasteiger charge is -2.11. The lowest BCUT2D eigenvalue weighted by atomic mass is 10.2. The van der Waals surface area contributed by atoms with E-state index in [1.165, 1.54) is 18.2 Å². The molecule has 110 valence electrons. The minimum atomic E-state index is -1.22. The number of benzene rings is 2. The van der Waals surface area contributed by atoms with Crippen molar-refractivity contribution in [2.75, 3.05) is 0 Å². The summed E-state index contributed by atoms with van der Waals surface area (Å²) in [6, 6.07) is 4.77. The number of ether oxygens (including phenoxy) is 1. The summed E-state index contributed by atoms with van der Waals surface area (Å²) in [4.78, 5) is -0.00740. The van der Waals surface area contributed by atoms with E-state index < -0.39 is 23.2 Å². The van der Waals surface area contributed by atoms with Crippen LogP contribution in [-0.4, -0.2) is 4.99 Å². The summed E-state index contributed by atoms with van der Waals surface area (Å²) in [7, 11) is 0. The number of halogens is 5. The molecule has 0 saturated heterocycles. The van der Waals surface area contributed by atoms with Crippen LogP contribution in [0.2, 0.25) is 0 Å². The Morgan fingerprint density at radius 2 is 1.71 bits per heavy atom. The Bertz CT molecular complexity index is 740. The predicted octanol–water partition coefficient (Wildman–Crippen LogP) is 5.06. The third-order valence-electron chi connectivity index (χ3n) is 2.49. The molecule has 21 heavy (non-hydrogen) atoms. The number of hydrogen-bond acceptors (Lipinski definition) is 2. The highest BCUT2D eigenvalue weighted by molar-refractivity contribution is 9.10. The van der Waals surface area contributed by atoms with Crippen molar-refractivity contribution in [1.29, 1.82) is 0 Å². The Hall–Kier alpha value is -1.12. The molecule has 0 aliphatic carbocycles. The molecule has 2 aromatic carbocycles. The van der Waals surface area contributed by atoms with Crippen molar-refractivity contribution in [3.05, 3.63) is 56.2 Å². The van der Waals surface area contributed by atoms with Crippen LogP contribution < -0.4 is 10.5 Å². The fourth-order valence-corrected chi connectivity index (χ4v) is 2.78. The van der Waals surface area contributed by atoms with E-state index in [1.54, 1.807) is 0 Å². The van der Waals surface area contributed by atoms with E-state index in [0.717, 1.165) is 6.07 Å². The van der Waals surface area contributed by atoms with Gasteiger partial charge in [-0.2, -0.15) is 4.39 Å². The van der Waals surface area contributed by atoms with E-state index >= 15 is 0 Å². The van der Waals surface area contributed by atoms with Gasteiger partial charge in [-0.25, -0.2) is 8.78 Å². The van der Waals surface area contributed by atoms with E-state index in [1.807, 2.05) is 0 Å². The quantitative estimate of drug-likeness (QED) is 0.535. The first-order chi connectivity index (χ1) is 9.81. The molecule has 2 aromatic rings. The van der Waals surface area contributed by atoms with Gasteiger partial charge in [-0.3, -0.25) is 0 Å². The summed E-state index contributed by atoms with van der Waals surface area (Å²) in [5.41, 5.74) is 5.70. The Morgan fingerprint density at radius 1 is 1.05 bits per heavy atom. The first-order valence-corrected chi connectivity index (χ1v) is 7.41. The van der Waals surface area contributed by atoms with Crippen LogP contribution in [0.5, 0.6) is 11.5 Å². The standard InChI is InChI=1S/C13H6Br2F3NOS/c14-5-3-7(16)11(17)9(4-5)20-8-2-1-6(13(19)21)10(15)12(8)18/h1-4H,(H2,19,21). The Morgan fingerprint density at radius 3 is 2.33 bits per heavy atom. The fourth-order valence-electron chi connectivity index (χ4n) is 1.53. The van der Waals surface area contributed by atoms with Gasteiger partial charge in [0.15, 0.2) is 23.1 Å². The van der Waals surface area contributed by atoms with E-state index in [2.05, 4.69) is 31.9 Å². The van der Waals surface area contributed by atoms with Gasteiger partial charge in [0.2, 0.25) is 5.82 Å². The van der Waals surface area contributed by atoms with Crippen LogP contribution in [0.4, 0.5) is 13.2 Å². The Kier molecular flexibility index (Phi) is 4.90. The van der Waals surface area contributed by atoms with E-state index in [-0.39, 0.29) is 25.2 Å². The first kappa shape index (κ1) is 16.3. The molecule has 0 heterocycles. The molecule has 0 bridgehead atoms. The smallest absolute Gasteiger partial charge is 0.201 e. The maximum atomic E-state index is 14.1. The van der Waals surface area contributed by atoms with Crippen LogP contribution in [0, 0.1) is 17.5 Å². The lowest BCUT2D eigenvalue weighted by molar-refractivity contribution is 0.395. The topological polar surface area (TPSA) is 35.2 Å². The van der Waals surface area contributed by atoms with Gasteiger partial charge >= 0.3 is 0 Å². The maximum absolute atomic E-state index is 14.1. The molecule has 0 spiro atoms. The van der Waals surface area contributed by atoms with Crippen LogP contribution in [0.15, 0.2) is 33.2 Å². The Balaban J connectivity index is 2.46. The maximum Gasteiger partial charge on any atom is 0.201 e. The lowest BCUT2D eigenvalue weighted by Crippen LogP contribution is -2.11. The van der Waals surface area contributed by atoms with Crippen molar-refractivity contribution in [1.82, 2.24) is 0 Å². The van der Waals surface area contributed by atoms with Crippen molar-refractivity contribution in [3.63, 3.8) is 0 Å². The molecule has 0 saturated carbocycles. The second-order valence-electron chi connectivity index (χ2n) is 3.91. The number of rotatable bonds is 3. The molecular weight excluding hydrogens is 435 g/mol. The molecule has 0 atom stereocenters. The fraction of sp³-hybridized carbons (Fsp3) is 0. The zero-order valence-corrected chi connectivity index (χ0v) is 14.1. The molecule has 0 radical (unpaired) electrons. The minimum Gasteiger partial charge on any atom is -0.451 e. The largest absolute Gasteiger partial charge is 0.451 e. The zero-order chi connectivity index (χ0) is 15.7. The van der Waals surface area contributed by atoms with Gasteiger partial charge in [-0.1, -0.05) is 28.1 Å². The van der Waals surface area contributed by atoms with Gasteiger partial charge in [-0.05, 0) is 40.2 Å². The highest BCUT2D eigenvalue weighted by Crippen LogP contribution is 2.34. The SMILES string of the molecule is NC(=S)c1ccc(Oc2cc(Br)cc(F)c2F)c(F)c1Br. The van der Waals surface area contributed by atoms with Crippen molar-refractivity contribution >= 4 is 49.1 Å². The molecule has 0 amide bonds. The second kappa shape index (κ2) is 6.33. The third-order valence-corrected chi connectivity index (χ3v) is 3.94. The van der Waals surface area contributed by atoms with Crippen LogP contribution in [0.1, 0.15) is 5.56 Å². The average molecular weight is 441 g/mol. The molecule has 8 heteroatoms. The summed E-state index contributed by atoms with van der Waals surface area (Å²) < 4.78 is 46.3. The normalized spacial score (nSPS) is 10.5. The van der Waals surface area contributed by atoms with Crippen molar-refractivity contribution < 1.29 is 17.9 Å². The third kappa shape index (κ3) is 3.38. The van der Waals surface area contributed by atoms with Crippen LogP contribution >= 0.6 is 44.1 Å². The van der Waals surface area contributed by atoms with Gasteiger partial charge in [0.1, 0.15) is 4.99 Å². The molecular formula is C13H6Br2F3NOS. The van der Waals surface area contributed by atoms with E-state index in [4.69, 9.17) is 22.7 Å². The zero-order valence-electron chi connectivity index (χ0n) is 10.1. The molecule has 0 aromatic heterocycles. The van der Waals surface area contributed by atoms with Crippen LogP contribution in [-0.2, 0) is 0 Å². The average Bonchev–Trinajstić information content (AvgIpc) is 2.40. The summed E-state index contributed by atoms with van der Waals surface area (Å²) in [5, 5.41) is 0. The highest BCUT2D eigenvalue weighted by Gasteiger charge is 2.18. The van der Waals surface area contributed by atoms with Gasteiger partial charge in [0.05, 0.1) is 4.47 Å². The van der Waals surface area contributed by atoms with Crippen molar-refractivity contribution in [3.8, 4) is 11.5 Å². The predicted molar refractivity (Wildman–Crippen MR) is 84.1 cm³/mol. The van der Waals surface area contributed by atoms with E-state index in [0.29, 0.717) is 0 Å². The summed E-state index contributed by atoms with van der Waals surface area (Å²) in [6.07, 6.45) is 0. The molecule has 2 nitrogen and oxygen atoms in total. The number of hydrogen-bond donors (Lipinski definition) is 1. The molecule has 0 aliphatic heterocycles. The second-order valence-corrected chi connectivity index (χ2v) is 6.05. The Labute approximate surface area is 140 Å². The summed E-state index contributed by atoms with van der Waals surface area (Å²) >= 11 is 10.8. The van der Waals surface area contributed by atoms with Crippen LogP contribution in [0.3, 0.4) is 0 Å². The minimum absolute atomic E-state index is 0.00740. The first-order valence-electron chi connectivity index (χ1n) is 5.41. The van der Waals surface area contributed by atoms with Crippen molar-refractivity contribution in [2.45, 2.75) is 0 Å². The summed E-state index contributed by atoms with van der Waals surface area (Å²) in [6.45, 7) is 0. The number of nitrogens with two attached hydrogens (primary N) is 1. The molecule has 0 unspecified atom stereocenters. The van der Waals surface area contributed by atoms with E-state index in [9.17, 15) is 13.2 Å². The van der Waals surface area contributed by atoms with Gasteiger partial charge in [0, 0.05) is 10.0 Å². The molecule has 0 fully saturated rings. The summed E-state index contributed by atoms with van der Waals surface area (Å²) in [5.74, 6) is -3.89. The van der Waals surface area contributed by atoms with Gasteiger partial charge in [-0.15, -0.1) is 0 Å². The molecule has 0 aliphatic rings. The number of thiocarbonyl (C=S) groups is 1. The molecule has 2 N–H and O–H groups in total. The molecule has 2 rings (SSSR count). The van der Waals surface area contributed by atoms with Gasteiger partial charge in [0.25, 0.3) is 0 Å². The van der Waals surface area contributed by atoms with Crippen LogP contribution in [0.25, 0.3) is 0 Å². The highest BCUT2D eigenvalue weighted by atomic mass is 79.9.